The summed E-state index contributed by atoms with van der Waals surface area (Å²) >= 11 is 1.24. The fourth-order valence-corrected chi connectivity index (χ4v) is 1.56. The molecule has 0 saturated carbocycles. The molecule has 0 spiro atoms. The van der Waals surface area contributed by atoms with Gasteiger partial charge in [-0.15, -0.1) is 11.3 Å². The number of carbonyl (C=O) groups excluding carboxylic acids is 1. The number of hydrogen-bond donors (Lipinski definition) is 0. The van der Waals surface area contributed by atoms with Gasteiger partial charge >= 0.3 is 5.97 Å². The van der Waals surface area contributed by atoms with Gasteiger partial charge in [0.15, 0.2) is 0 Å². The lowest BCUT2D eigenvalue weighted by Crippen LogP contribution is -1.97. The van der Waals surface area contributed by atoms with E-state index in [1.807, 2.05) is 0 Å². The van der Waals surface area contributed by atoms with Gasteiger partial charge in [-0.05, 0) is 6.07 Å². The lowest BCUT2D eigenvalue weighted by Gasteiger charge is -1.91. The van der Waals surface area contributed by atoms with Gasteiger partial charge in [0.25, 0.3) is 0 Å². The van der Waals surface area contributed by atoms with Crippen molar-refractivity contribution in [2.45, 2.75) is 0 Å². The maximum atomic E-state index is 11.0. The van der Waals surface area contributed by atoms with Gasteiger partial charge in [-0.25, -0.2) is 4.79 Å². The van der Waals surface area contributed by atoms with E-state index in [2.05, 4.69) is 4.74 Å². The number of nitrogens with zero attached hydrogens (tertiary/aromatic N) is 1. The second kappa shape index (κ2) is 4.52. The second-order valence-electron chi connectivity index (χ2n) is 2.33. The third kappa shape index (κ3) is 2.67. The van der Waals surface area contributed by atoms with Gasteiger partial charge in [0.05, 0.1) is 17.6 Å². The van der Waals surface area contributed by atoms with E-state index >= 15 is 0 Å². The largest absolute Gasteiger partial charge is 0.465 e. The van der Waals surface area contributed by atoms with Crippen LogP contribution in [0.3, 0.4) is 0 Å². The highest BCUT2D eigenvalue weighted by Gasteiger charge is 2.07. The minimum Gasteiger partial charge on any atom is -0.465 e. The van der Waals surface area contributed by atoms with Gasteiger partial charge in [0, 0.05) is 16.3 Å². The molecule has 0 radical (unpaired) electrons. The summed E-state index contributed by atoms with van der Waals surface area (Å²) in [6, 6.07) is 1.54. The Bertz CT molecular complexity index is 382. The number of hydrogen-bond acceptors (Lipinski definition) is 5. The molecule has 0 bridgehead atoms. The van der Waals surface area contributed by atoms with E-state index in [1.54, 1.807) is 5.38 Å². The third-order valence-electron chi connectivity index (χ3n) is 1.40. The summed E-state index contributed by atoms with van der Waals surface area (Å²) < 4.78 is 4.48. The molecule has 1 heterocycles. The molecule has 1 aromatic rings. The Hall–Kier alpha value is -1.69. The molecule has 1 rings (SSSR count). The average molecular weight is 213 g/mol. The van der Waals surface area contributed by atoms with Crippen LogP contribution in [-0.2, 0) is 4.74 Å². The Morgan fingerprint density at radius 3 is 3.00 bits per heavy atom. The third-order valence-corrected chi connectivity index (χ3v) is 2.30. The predicted octanol–water partition coefficient (Wildman–Crippen LogP) is 1.78. The Kier molecular flexibility index (Phi) is 3.35. The fraction of sp³-hybridized carbons (Fsp3) is 0.125. The maximum absolute atomic E-state index is 11.0. The van der Waals surface area contributed by atoms with Crippen molar-refractivity contribution in [3.63, 3.8) is 0 Å². The second-order valence-corrected chi connectivity index (χ2v) is 3.27. The van der Waals surface area contributed by atoms with Gasteiger partial charge in [-0.1, -0.05) is 0 Å². The fourth-order valence-electron chi connectivity index (χ4n) is 0.799. The maximum Gasteiger partial charge on any atom is 0.338 e. The lowest BCUT2D eigenvalue weighted by molar-refractivity contribution is -0.400. The smallest absolute Gasteiger partial charge is 0.338 e. The van der Waals surface area contributed by atoms with E-state index in [4.69, 9.17) is 0 Å². The molecule has 5 nitrogen and oxygen atoms in total. The van der Waals surface area contributed by atoms with Crippen molar-refractivity contribution >= 4 is 23.4 Å². The summed E-state index contributed by atoms with van der Waals surface area (Å²) in [6.07, 6.45) is 2.16. The normalized spacial score (nSPS) is 10.4. The summed E-state index contributed by atoms with van der Waals surface area (Å²) in [5.41, 5.74) is 0.403. The van der Waals surface area contributed by atoms with Crippen molar-refractivity contribution in [3.05, 3.63) is 38.2 Å². The first-order valence-corrected chi connectivity index (χ1v) is 4.50. The molecule has 0 N–H and O–H groups in total. The van der Waals surface area contributed by atoms with Crippen molar-refractivity contribution in [2.75, 3.05) is 7.11 Å². The summed E-state index contributed by atoms with van der Waals surface area (Å²) in [7, 11) is 1.28. The van der Waals surface area contributed by atoms with Crippen molar-refractivity contribution in [1.29, 1.82) is 0 Å². The highest BCUT2D eigenvalue weighted by Crippen LogP contribution is 2.16. The Balaban J connectivity index is 2.78. The molecule has 0 aliphatic rings. The number of methoxy groups -OCH3 is 1. The average Bonchev–Trinajstić information content (AvgIpc) is 2.62. The van der Waals surface area contributed by atoms with Crippen LogP contribution >= 0.6 is 11.3 Å². The van der Waals surface area contributed by atoms with Crippen molar-refractivity contribution in [2.24, 2.45) is 0 Å². The Morgan fingerprint density at radius 1 is 1.71 bits per heavy atom. The van der Waals surface area contributed by atoms with Gasteiger partial charge in [0.2, 0.25) is 6.20 Å². The Labute approximate surface area is 83.8 Å². The molecular weight excluding hydrogens is 206 g/mol. The summed E-state index contributed by atoms with van der Waals surface area (Å²) in [5.74, 6) is -0.443. The topological polar surface area (TPSA) is 69.4 Å². The quantitative estimate of drug-likeness (QED) is 0.436. The molecule has 0 atom stereocenters. The number of ether oxygens (including phenoxy) is 1. The highest BCUT2D eigenvalue weighted by molar-refractivity contribution is 7.11. The van der Waals surface area contributed by atoms with Crippen molar-refractivity contribution in [3.8, 4) is 0 Å². The Morgan fingerprint density at radius 2 is 2.43 bits per heavy atom. The number of thiophene rings is 1. The molecule has 0 saturated heterocycles. The van der Waals surface area contributed by atoms with E-state index in [9.17, 15) is 14.9 Å². The van der Waals surface area contributed by atoms with E-state index < -0.39 is 10.9 Å². The van der Waals surface area contributed by atoms with Crippen LogP contribution in [0, 0.1) is 10.1 Å². The van der Waals surface area contributed by atoms with E-state index in [0.717, 1.165) is 6.20 Å². The summed E-state index contributed by atoms with van der Waals surface area (Å²) in [6.45, 7) is 0. The lowest BCUT2D eigenvalue weighted by atomic mass is 10.3. The molecule has 0 aliphatic carbocycles. The van der Waals surface area contributed by atoms with Crippen LogP contribution in [0.25, 0.3) is 6.08 Å². The molecule has 6 heteroatoms. The molecule has 0 aromatic carbocycles. The zero-order valence-corrected chi connectivity index (χ0v) is 8.11. The minimum atomic E-state index is -0.558. The first-order chi connectivity index (χ1) is 6.63. The van der Waals surface area contributed by atoms with Gasteiger partial charge in [0.1, 0.15) is 0 Å². The number of esters is 1. The monoisotopic (exact) mass is 213 g/mol. The number of rotatable bonds is 3. The van der Waals surface area contributed by atoms with Gasteiger partial charge < -0.3 is 4.74 Å². The molecule has 0 amide bonds. The zero-order valence-electron chi connectivity index (χ0n) is 7.30. The van der Waals surface area contributed by atoms with Crippen LogP contribution in [0.5, 0.6) is 0 Å². The van der Waals surface area contributed by atoms with E-state index in [1.165, 1.54) is 30.6 Å². The van der Waals surface area contributed by atoms with Crippen LogP contribution in [0.2, 0.25) is 0 Å². The van der Waals surface area contributed by atoms with E-state index in [-0.39, 0.29) is 0 Å². The van der Waals surface area contributed by atoms with Crippen molar-refractivity contribution < 1.29 is 14.5 Å². The zero-order chi connectivity index (χ0) is 10.6. The number of nitro groups is 1. The molecule has 0 aliphatic heterocycles. The standard InChI is InChI=1S/C8H7NO4S/c1-13-8(10)6-4-7(14-5-6)2-3-9(11)12/h2-5H,1H3/b3-2-. The van der Waals surface area contributed by atoms with Crippen molar-refractivity contribution in [1.82, 2.24) is 0 Å². The molecule has 1 aromatic heterocycles. The van der Waals surface area contributed by atoms with Crippen LogP contribution < -0.4 is 0 Å². The van der Waals surface area contributed by atoms with Gasteiger partial charge in [-0.2, -0.15) is 0 Å². The highest BCUT2D eigenvalue weighted by atomic mass is 32.1. The predicted molar refractivity (Wildman–Crippen MR) is 51.7 cm³/mol. The minimum absolute atomic E-state index is 0.403. The van der Waals surface area contributed by atoms with Crippen LogP contribution in [0.1, 0.15) is 15.2 Å². The molecular formula is C8H7NO4S. The SMILES string of the molecule is COC(=O)c1csc(/C=C\[N+](=O)[O-])c1. The summed E-state index contributed by atoms with van der Waals surface area (Å²) in [5, 5.41) is 11.6. The first kappa shape index (κ1) is 10.4. The van der Waals surface area contributed by atoms with Gasteiger partial charge in [-0.3, -0.25) is 10.1 Å². The van der Waals surface area contributed by atoms with Crippen LogP contribution in [0.4, 0.5) is 0 Å². The number of carbonyl (C=O) groups is 1. The molecule has 0 unspecified atom stereocenters. The summed E-state index contributed by atoms with van der Waals surface area (Å²) in [4.78, 5) is 21.1. The molecule has 74 valence electrons. The van der Waals surface area contributed by atoms with Crippen LogP contribution in [0.15, 0.2) is 17.6 Å². The van der Waals surface area contributed by atoms with Crippen LogP contribution in [-0.4, -0.2) is 18.0 Å². The first-order valence-electron chi connectivity index (χ1n) is 3.62. The van der Waals surface area contributed by atoms with E-state index in [0.29, 0.717) is 10.4 Å². The molecule has 0 fully saturated rings. The molecule has 14 heavy (non-hydrogen) atoms.